The van der Waals surface area contributed by atoms with Crippen molar-refractivity contribution in [2.24, 2.45) is 0 Å². The minimum absolute atomic E-state index is 0.123. The van der Waals surface area contributed by atoms with Crippen LogP contribution in [0.25, 0.3) is 0 Å². The molecule has 0 N–H and O–H groups in total. The van der Waals surface area contributed by atoms with E-state index in [0.717, 1.165) is 37.2 Å². The molecule has 90 valence electrons. The molecule has 1 aromatic heterocycles. The molecule has 1 amide bonds. The van der Waals surface area contributed by atoms with E-state index in [0.29, 0.717) is 12.2 Å². The number of aryl methyl sites for hydroxylation is 2. The van der Waals surface area contributed by atoms with Crippen LogP contribution in [0.5, 0.6) is 0 Å². The van der Waals surface area contributed by atoms with Crippen molar-refractivity contribution in [1.82, 2.24) is 9.47 Å². The molecule has 4 nitrogen and oxygen atoms in total. The molecule has 0 unspecified atom stereocenters. The number of hydrogen-bond acceptors (Lipinski definition) is 2. The molecule has 0 atom stereocenters. The van der Waals surface area contributed by atoms with Crippen LogP contribution in [0.3, 0.4) is 0 Å². The standard InChI is InChI=1S/C13H17N3O/c1-10-7-11(2)16(12(10)8-14)9-13(17)15-5-3-4-6-15/h7H,3-6,9H2,1-2H3. The lowest BCUT2D eigenvalue weighted by Crippen LogP contribution is -2.31. The minimum Gasteiger partial charge on any atom is -0.341 e. The lowest BCUT2D eigenvalue weighted by atomic mass is 10.3. The van der Waals surface area contributed by atoms with Crippen LogP contribution in [0.1, 0.15) is 29.8 Å². The Morgan fingerprint density at radius 2 is 2.06 bits per heavy atom. The predicted octanol–water partition coefficient (Wildman–Crippen LogP) is 1.60. The van der Waals surface area contributed by atoms with Gasteiger partial charge >= 0.3 is 0 Å². The van der Waals surface area contributed by atoms with Crippen molar-refractivity contribution in [2.75, 3.05) is 13.1 Å². The first-order valence-electron chi connectivity index (χ1n) is 5.98. The summed E-state index contributed by atoms with van der Waals surface area (Å²) >= 11 is 0. The summed E-state index contributed by atoms with van der Waals surface area (Å²) in [7, 11) is 0. The number of nitrogens with zero attached hydrogens (tertiary/aromatic N) is 3. The van der Waals surface area contributed by atoms with Gasteiger partial charge in [0.25, 0.3) is 0 Å². The molecular weight excluding hydrogens is 214 g/mol. The van der Waals surface area contributed by atoms with Gasteiger partial charge in [0, 0.05) is 18.8 Å². The average molecular weight is 231 g/mol. The van der Waals surface area contributed by atoms with Crippen LogP contribution in [-0.4, -0.2) is 28.5 Å². The Morgan fingerprint density at radius 3 is 2.65 bits per heavy atom. The second kappa shape index (κ2) is 4.62. The van der Waals surface area contributed by atoms with Gasteiger partial charge < -0.3 is 9.47 Å². The predicted molar refractivity (Wildman–Crippen MR) is 64.4 cm³/mol. The van der Waals surface area contributed by atoms with Crippen molar-refractivity contribution in [3.63, 3.8) is 0 Å². The highest BCUT2D eigenvalue weighted by molar-refractivity contribution is 5.76. The van der Waals surface area contributed by atoms with Gasteiger partial charge in [-0.15, -0.1) is 0 Å². The molecule has 0 spiro atoms. The number of likely N-dealkylation sites (tertiary alicyclic amines) is 1. The van der Waals surface area contributed by atoms with E-state index in [-0.39, 0.29) is 5.91 Å². The van der Waals surface area contributed by atoms with Crippen LogP contribution >= 0.6 is 0 Å². The first-order chi connectivity index (χ1) is 8.13. The molecule has 17 heavy (non-hydrogen) atoms. The van der Waals surface area contributed by atoms with Crippen LogP contribution in [0, 0.1) is 25.2 Å². The van der Waals surface area contributed by atoms with Crippen molar-refractivity contribution in [3.8, 4) is 6.07 Å². The smallest absolute Gasteiger partial charge is 0.242 e. The number of aromatic nitrogens is 1. The van der Waals surface area contributed by atoms with Crippen LogP contribution < -0.4 is 0 Å². The first-order valence-corrected chi connectivity index (χ1v) is 5.98. The molecule has 0 aliphatic carbocycles. The Balaban J connectivity index is 2.18. The fourth-order valence-electron chi connectivity index (χ4n) is 2.40. The van der Waals surface area contributed by atoms with E-state index in [9.17, 15) is 4.79 Å². The molecule has 4 heteroatoms. The maximum Gasteiger partial charge on any atom is 0.242 e. The molecule has 2 rings (SSSR count). The molecule has 0 aromatic carbocycles. The van der Waals surface area contributed by atoms with Crippen LogP contribution in [-0.2, 0) is 11.3 Å². The van der Waals surface area contributed by atoms with E-state index in [1.807, 2.05) is 29.4 Å². The maximum absolute atomic E-state index is 12.0. The summed E-state index contributed by atoms with van der Waals surface area (Å²) in [6.45, 7) is 5.86. The third-order valence-corrected chi connectivity index (χ3v) is 3.35. The average Bonchev–Trinajstić information content (AvgIpc) is 2.88. The topological polar surface area (TPSA) is 49.0 Å². The summed E-state index contributed by atoms with van der Waals surface area (Å²) < 4.78 is 1.82. The van der Waals surface area contributed by atoms with Crippen molar-refractivity contribution in [2.45, 2.75) is 33.2 Å². The lowest BCUT2D eigenvalue weighted by molar-refractivity contribution is -0.130. The van der Waals surface area contributed by atoms with Gasteiger partial charge in [0.1, 0.15) is 18.3 Å². The van der Waals surface area contributed by atoms with Gasteiger partial charge in [-0.1, -0.05) is 0 Å². The Kier molecular flexibility index (Phi) is 3.19. The zero-order valence-electron chi connectivity index (χ0n) is 10.4. The number of rotatable bonds is 2. The van der Waals surface area contributed by atoms with Crippen LogP contribution in [0.4, 0.5) is 0 Å². The number of carbonyl (C=O) groups is 1. The zero-order chi connectivity index (χ0) is 12.4. The Morgan fingerprint density at radius 1 is 1.41 bits per heavy atom. The third-order valence-electron chi connectivity index (χ3n) is 3.35. The van der Waals surface area contributed by atoms with Gasteiger partial charge in [-0.25, -0.2) is 0 Å². The summed E-state index contributed by atoms with van der Waals surface area (Å²) in [5, 5.41) is 9.10. The quantitative estimate of drug-likeness (QED) is 0.776. The third kappa shape index (κ3) is 2.19. The fraction of sp³-hybridized carbons (Fsp3) is 0.538. The second-order valence-electron chi connectivity index (χ2n) is 4.60. The van der Waals surface area contributed by atoms with Crippen molar-refractivity contribution >= 4 is 5.91 Å². The van der Waals surface area contributed by atoms with Gasteiger partial charge in [-0.2, -0.15) is 5.26 Å². The summed E-state index contributed by atoms with van der Waals surface area (Å²) in [6.07, 6.45) is 2.20. The number of amides is 1. The van der Waals surface area contributed by atoms with E-state index >= 15 is 0 Å². The molecule has 0 saturated carbocycles. The van der Waals surface area contributed by atoms with Gasteiger partial charge in [-0.05, 0) is 38.3 Å². The minimum atomic E-state index is 0.123. The molecule has 2 heterocycles. The summed E-state index contributed by atoms with van der Waals surface area (Å²) in [4.78, 5) is 13.9. The highest BCUT2D eigenvalue weighted by Crippen LogP contribution is 2.15. The maximum atomic E-state index is 12.0. The van der Waals surface area contributed by atoms with Crippen molar-refractivity contribution < 1.29 is 4.79 Å². The Hall–Kier alpha value is -1.76. The van der Waals surface area contributed by atoms with E-state index in [1.54, 1.807) is 0 Å². The highest BCUT2D eigenvalue weighted by Gasteiger charge is 2.20. The van der Waals surface area contributed by atoms with Crippen molar-refractivity contribution in [1.29, 1.82) is 5.26 Å². The SMILES string of the molecule is Cc1cc(C)n(CC(=O)N2CCCC2)c1C#N. The largest absolute Gasteiger partial charge is 0.341 e. The Bertz CT molecular complexity index is 476. The van der Waals surface area contributed by atoms with Gasteiger partial charge in [-0.3, -0.25) is 4.79 Å². The van der Waals surface area contributed by atoms with Gasteiger partial charge in [0.15, 0.2) is 0 Å². The second-order valence-corrected chi connectivity index (χ2v) is 4.60. The number of nitriles is 1. The number of carbonyl (C=O) groups excluding carboxylic acids is 1. The van der Waals surface area contributed by atoms with Crippen LogP contribution in [0.15, 0.2) is 6.07 Å². The highest BCUT2D eigenvalue weighted by atomic mass is 16.2. The zero-order valence-corrected chi connectivity index (χ0v) is 10.4. The van der Waals surface area contributed by atoms with Gasteiger partial charge in [0.05, 0.1) is 0 Å². The molecule has 0 radical (unpaired) electrons. The van der Waals surface area contributed by atoms with E-state index in [4.69, 9.17) is 5.26 Å². The summed E-state index contributed by atoms with van der Waals surface area (Å²) in [5.41, 5.74) is 2.53. The monoisotopic (exact) mass is 231 g/mol. The summed E-state index contributed by atoms with van der Waals surface area (Å²) in [5.74, 6) is 0.123. The first kappa shape index (κ1) is 11.7. The van der Waals surface area contributed by atoms with E-state index < -0.39 is 0 Å². The molecular formula is C13H17N3O. The molecule has 1 saturated heterocycles. The van der Waals surface area contributed by atoms with Crippen molar-refractivity contribution in [3.05, 3.63) is 23.0 Å². The molecule has 1 aromatic rings. The summed E-state index contributed by atoms with van der Waals surface area (Å²) in [6, 6.07) is 4.13. The molecule has 1 fully saturated rings. The fourth-order valence-corrected chi connectivity index (χ4v) is 2.40. The van der Waals surface area contributed by atoms with E-state index in [2.05, 4.69) is 6.07 Å². The molecule has 1 aliphatic heterocycles. The van der Waals surface area contributed by atoms with Gasteiger partial charge in [0.2, 0.25) is 5.91 Å². The number of hydrogen-bond donors (Lipinski definition) is 0. The molecule has 0 bridgehead atoms. The lowest BCUT2D eigenvalue weighted by Gasteiger charge is -2.16. The normalized spacial score (nSPS) is 15.0. The molecule has 1 aliphatic rings. The van der Waals surface area contributed by atoms with Crippen LogP contribution in [0.2, 0.25) is 0 Å². The van der Waals surface area contributed by atoms with E-state index in [1.165, 1.54) is 0 Å². The Labute approximate surface area is 101 Å².